The van der Waals surface area contributed by atoms with E-state index in [0.29, 0.717) is 4.99 Å². The Hall–Kier alpha value is -0.680. The molecule has 0 aromatic carbocycles. The van der Waals surface area contributed by atoms with Gasteiger partial charge in [-0.25, -0.2) is 0 Å². The van der Waals surface area contributed by atoms with Gasteiger partial charge >= 0.3 is 0 Å². The van der Waals surface area contributed by atoms with Crippen LogP contribution in [0.3, 0.4) is 0 Å². The van der Waals surface area contributed by atoms with Crippen LogP contribution in [-0.4, -0.2) is 35.4 Å². The van der Waals surface area contributed by atoms with E-state index in [2.05, 4.69) is 4.90 Å². The normalized spacial score (nSPS) is 24.8. The smallest absolute Gasteiger partial charge is 0.221 e. The van der Waals surface area contributed by atoms with E-state index in [0.717, 1.165) is 26.1 Å². The van der Waals surface area contributed by atoms with Gasteiger partial charge in [-0.1, -0.05) is 19.1 Å². The first-order valence-electron chi connectivity index (χ1n) is 4.81. The van der Waals surface area contributed by atoms with Gasteiger partial charge in [0, 0.05) is 19.0 Å². The minimum Gasteiger partial charge on any atom is -0.393 e. The molecule has 1 aliphatic rings. The third-order valence-corrected chi connectivity index (χ3v) is 3.09. The van der Waals surface area contributed by atoms with Crippen molar-refractivity contribution >= 4 is 23.1 Å². The molecule has 1 amide bonds. The van der Waals surface area contributed by atoms with Crippen LogP contribution in [0, 0.1) is 11.8 Å². The van der Waals surface area contributed by atoms with Gasteiger partial charge in [-0.05, 0) is 13.0 Å². The summed E-state index contributed by atoms with van der Waals surface area (Å²) >= 11 is 4.89. The van der Waals surface area contributed by atoms with Crippen LogP contribution in [-0.2, 0) is 4.79 Å². The summed E-state index contributed by atoms with van der Waals surface area (Å²) in [5.41, 5.74) is 10.8. The number of hydrogen-bond acceptors (Lipinski definition) is 3. The maximum absolute atomic E-state index is 10.9. The highest BCUT2D eigenvalue weighted by molar-refractivity contribution is 7.80. The largest absolute Gasteiger partial charge is 0.393 e. The Morgan fingerprint density at radius 1 is 1.64 bits per heavy atom. The minimum atomic E-state index is -0.199. The molecule has 14 heavy (non-hydrogen) atoms. The summed E-state index contributed by atoms with van der Waals surface area (Å²) in [7, 11) is 0. The fraction of sp³-hybridized carbons (Fsp3) is 0.778. The summed E-state index contributed by atoms with van der Waals surface area (Å²) < 4.78 is 0. The fourth-order valence-corrected chi connectivity index (χ4v) is 1.78. The van der Waals surface area contributed by atoms with Crippen LogP contribution in [0.4, 0.5) is 0 Å². The Balaban J connectivity index is 2.36. The summed E-state index contributed by atoms with van der Waals surface area (Å²) in [6.07, 6.45) is 0.861. The summed E-state index contributed by atoms with van der Waals surface area (Å²) in [6.45, 7) is 4.50. The molecule has 0 aromatic rings. The highest BCUT2D eigenvalue weighted by Gasteiger charge is 2.27. The molecule has 0 radical (unpaired) electrons. The van der Waals surface area contributed by atoms with E-state index in [9.17, 15) is 4.79 Å². The number of nitrogens with two attached hydrogens (primary N) is 2. The first-order chi connectivity index (χ1) is 6.50. The van der Waals surface area contributed by atoms with Crippen molar-refractivity contribution < 1.29 is 4.79 Å². The van der Waals surface area contributed by atoms with Crippen molar-refractivity contribution in [2.45, 2.75) is 13.3 Å². The lowest BCUT2D eigenvalue weighted by Gasteiger charge is -2.19. The summed E-state index contributed by atoms with van der Waals surface area (Å²) in [5, 5.41) is 0. The zero-order valence-electron chi connectivity index (χ0n) is 8.40. The lowest BCUT2D eigenvalue weighted by molar-refractivity contribution is -0.121. The highest BCUT2D eigenvalue weighted by atomic mass is 32.1. The van der Waals surface area contributed by atoms with E-state index in [1.807, 2.05) is 6.92 Å². The molecule has 1 saturated heterocycles. The fourth-order valence-electron chi connectivity index (χ4n) is 1.71. The Bertz CT molecular complexity index is 244. The summed E-state index contributed by atoms with van der Waals surface area (Å²) in [6, 6.07) is 0. The molecule has 0 aromatic heterocycles. The molecule has 1 rings (SSSR count). The van der Waals surface area contributed by atoms with Gasteiger partial charge in [-0.15, -0.1) is 0 Å². The maximum atomic E-state index is 10.9. The van der Waals surface area contributed by atoms with Crippen LogP contribution in [0.1, 0.15) is 13.3 Å². The van der Waals surface area contributed by atoms with E-state index in [1.165, 1.54) is 0 Å². The lowest BCUT2D eigenvalue weighted by atomic mass is 10.1. The van der Waals surface area contributed by atoms with Gasteiger partial charge in [0.25, 0.3) is 0 Å². The van der Waals surface area contributed by atoms with Gasteiger partial charge in [0.05, 0.1) is 10.9 Å². The van der Waals surface area contributed by atoms with Gasteiger partial charge in [0.2, 0.25) is 5.91 Å². The molecule has 0 aliphatic carbocycles. The van der Waals surface area contributed by atoms with Crippen LogP contribution in [0.5, 0.6) is 0 Å². The van der Waals surface area contributed by atoms with Gasteiger partial charge in [-0.2, -0.15) is 0 Å². The molecule has 0 saturated carbocycles. The summed E-state index contributed by atoms with van der Waals surface area (Å²) in [4.78, 5) is 13.6. The molecule has 80 valence electrons. The molecule has 4 N–H and O–H groups in total. The highest BCUT2D eigenvalue weighted by Crippen LogP contribution is 2.16. The van der Waals surface area contributed by atoms with E-state index in [-0.39, 0.29) is 17.7 Å². The molecule has 0 bridgehead atoms. The molecule has 2 atom stereocenters. The van der Waals surface area contributed by atoms with Crippen molar-refractivity contribution in [3.05, 3.63) is 0 Å². The predicted molar refractivity (Wildman–Crippen MR) is 59.7 cm³/mol. The Morgan fingerprint density at radius 2 is 2.29 bits per heavy atom. The monoisotopic (exact) mass is 215 g/mol. The number of carbonyl (C=O) groups excluding carboxylic acids is 1. The SMILES string of the molecule is CC(CN1CCC(C(N)=O)C1)C(N)=S. The maximum Gasteiger partial charge on any atom is 0.221 e. The molecule has 5 heteroatoms. The van der Waals surface area contributed by atoms with Crippen LogP contribution >= 0.6 is 12.2 Å². The molecule has 2 unspecified atom stereocenters. The van der Waals surface area contributed by atoms with Gasteiger partial charge < -0.3 is 16.4 Å². The average Bonchev–Trinajstić information content (AvgIpc) is 2.52. The molecular weight excluding hydrogens is 198 g/mol. The molecule has 1 fully saturated rings. The second-order valence-corrected chi connectivity index (χ2v) is 4.42. The zero-order chi connectivity index (χ0) is 10.7. The van der Waals surface area contributed by atoms with Gasteiger partial charge in [-0.3, -0.25) is 4.79 Å². The van der Waals surface area contributed by atoms with Crippen LogP contribution < -0.4 is 11.5 Å². The molecular formula is C9H17N3OS. The zero-order valence-corrected chi connectivity index (χ0v) is 9.22. The molecule has 1 heterocycles. The van der Waals surface area contributed by atoms with Gasteiger partial charge in [0.15, 0.2) is 0 Å². The van der Waals surface area contributed by atoms with E-state index >= 15 is 0 Å². The quantitative estimate of drug-likeness (QED) is 0.632. The second kappa shape index (κ2) is 4.70. The molecule has 4 nitrogen and oxygen atoms in total. The van der Waals surface area contributed by atoms with Crippen LogP contribution in [0.25, 0.3) is 0 Å². The minimum absolute atomic E-state index is 0.00791. The van der Waals surface area contributed by atoms with E-state index in [4.69, 9.17) is 23.7 Å². The first kappa shape index (κ1) is 11.4. The lowest BCUT2D eigenvalue weighted by Crippen LogP contribution is -2.34. The average molecular weight is 215 g/mol. The van der Waals surface area contributed by atoms with Crippen LogP contribution in [0.2, 0.25) is 0 Å². The number of thiocarbonyl (C=S) groups is 1. The third-order valence-electron chi connectivity index (χ3n) is 2.69. The number of primary amides is 1. The van der Waals surface area contributed by atoms with Gasteiger partial charge in [0.1, 0.15) is 0 Å². The second-order valence-electron chi connectivity index (χ2n) is 3.95. The Morgan fingerprint density at radius 3 is 2.71 bits per heavy atom. The van der Waals surface area contributed by atoms with Crippen LogP contribution in [0.15, 0.2) is 0 Å². The first-order valence-corrected chi connectivity index (χ1v) is 5.22. The summed E-state index contributed by atoms with van der Waals surface area (Å²) in [5.74, 6) is 0.0145. The van der Waals surface area contributed by atoms with Crippen molar-refractivity contribution in [1.82, 2.24) is 4.90 Å². The molecule has 0 spiro atoms. The van der Waals surface area contributed by atoms with Crippen molar-refractivity contribution in [3.63, 3.8) is 0 Å². The number of hydrogen-bond donors (Lipinski definition) is 2. The standard InChI is InChI=1S/C9H17N3OS/c1-6(9(11)14)4-12-3-2-7(5-12)8(10)13/h6-7H,2-5H2,1H3,(H2,10,13)(H2,11,14). The topological polar surface area (TPSA) is 72.3 Å². The number of carbonyl (C=O) groups is 1. The number of rotatable bonds is 4. The van der Waals surface area contributed by atoms with Crippen molar-refractivity contribution in [3.8, 4) is 0 Å². The number of likely N-dealkylation sites (tertiary alicyclic amines) is 1. The number of nitrogens with zero attached hydrogens (tertiary/aromatic N) is 1. The van der Waals surface area contributed by atoms with Crippen molar-refractivity contribution in [2.24, 2.45) is 23.3 Å². The number of amides is 1. The van der Waals surface area contributed by atoms with Crippen molar-refractivity contribution in [1.29, 1.82) is 0 Å². The Kier molecular flexibility index (Phi) is 3.83. The Labute approximate surface area is 89.6 Å². The van der Waals surface area contributed by atoms with E-state index < -0.39 is 0 Å². The third kappa shape index (κ3) is 2.92. The molecule has 1 aliphatic heterocycles. The predicted octanol–water partition coefficient (Wildman–Crippen LogP) is -0.284. The van der Waals surface area contributed by atoms with E-state index in [1.54, 1.807) is 0 Å². The van der Waals surface area contributed by atoms with Crippen molar-refractivity contribution in [2.75, 3.05) is 19.6 Å².